The van der Waals surface area contributed by atoms with E-state index in [0.717, 1.165) is 22.6 Å². The number of carbonyl (C=O) groups excluding carboxylic acids is 3. The van der Waals surface area contributed by atoms with Crippen molar-refractivity contribution >= 4 is 35.1 Å². The third kappa shape index (κ3) is 3.08. The number of anilines is 1. The first-order chi connectivity index (χ1) is 13.9. The number of para-hydroxylation sites is 1. The Kier molecular flexibility index (Phi) is 4.82. The Labute approximate surface area is 174 Å². The number of fused-ring (bicyclic) bond motifs is 1. The van der Waals surface area contributed by atoms with E-state index in [-0.39, 0.29) is 18.5 Å². The van der Waals surface area contributed by atoms with Gasteiger partial charge in [0.05, 0.1) is 0 Å². The van der Waals surface area contributed by atoms with Gasteiger partial charge in [0.25, 0.3) is 5.91 Å². The third-order valence-electron chi connectivity index (χ3n) is 5.81. The smallest absolute Gasteiger partial charge is 0.319 e. The molecule has 2 aromatic carbocycles. The Bertz CT molecular complexity index is 991. The molecule has 29 heavy (non-hydrogen) atoms. The van der Waals surface area contributed by atoms with E-state index in [4.69, 9.17) is 11.6 Å². The van der Waals surface area contributed by atoms with Crippen LogP contribution >= 0.6 is 11.6 Å². The Morgan fingerprint density at radius 1 is 1.17 bits per heavy atom. The number of nitrogens with zero attached hydrogens (tertiary/aromatic N) is 2. The van der Waals surface area contributed by atoms with Crippen LogP contribution in [0.1, 0.15) is 31.4 Å². The number of hydrogen-bond donors (Lipinski definition) is 1. The molecule has 150 valence electrons. The lowest BCUT2D eigenvalue weighted by Gasteiger charge is -2.27. The SMILES string of the molecule is CCC1(c2ccc(Cl)cc2)NC(=O)N(CC(=O)N2c3ccccc3CC2C)C1=O. The molecule has 2 heterocycles. The van der Waals surface area contributed by atoms with E-state index in [1.807, 2.05) is 38.1 Å². The van der Waals surface area contributed by atoms with Crippen LogP contribution in [0.25, 0.3) is 0 Å². The summed E-state index contributed by atoms with van der Waals surface area (Å²) in [5.41, 5.74) is 1.40. The molecule has 0 bridgehead atoms. The van der Waals surface area contributed by atoms with Crippen molar-refractivity contribution in [2.45, 2.75) is 38.3 Å². The fourth-order valence-electron chi connectivity index (χ4n) is 4.30. The summed E-state index contributed by atoms with van der Waals surface area (Å²) >= 11 is 5.96. The fraction of sp³-hybridized carbons (Fsp3) is 0.318. The molecule has 0 saturated carbocycles. The van der Waals surface area contributed by atoms with Gasteiger partial charge in [-0.2, -0.15) is 0 Å². The van der Waals surface area contributed by atoms with Gasteiger partial charge in [-0.15, -0.1) is 0 Å². The van der Waals surface area contributed by atoms with Gasteiger partial charge in [-0.3, -0.25) is 14.5 Å². The molecule has 7 heteroatoms. The van der Waals surface area contributed by atoms with Gasteiger partial charge in [-0.25, -0.2) is 4.79 Å². The summed E-state index contributed by atoms with van der Waals surface area (Å²) in [5.74, 6) is -0.685. The third-order valence-corrected chi connectivity index (χ3v) is 6.06. The van der Waals surface area contributed by atoms with Crippen molar-refractivity contribution in [2.24, 2.45) is 0 Å². The first-order valence-corrected chi connectivity index (χ1v) is 10.1. The van der Waals surface area contributed by atoms with Gasteiger partial charge in [0.2, 0.25) is 5.91 Å². The minimum absolute atomic E-state index is 0.0205. The Morgan fingerprint density at radius 3 is 2.55 bits per heavy atom. The lowest BCUT2D eigenvalue weighted by molar-refractivity contribution is -0.134. The van der Waals surface area contributed by atoms with Gasteiger partial charge in [0.15, 0.2) is 0 Å². The van der Waals surface area contributed by atoms with Crippen LogP contribution in [-0.2, 0) is 21.5 Å². The van der Waals surface area contributed by atoms with Crippen molar-refractivity contribution in [3.8, 4) is 0 Å². The number of halogens is 1. The van der Waals surface area contributed by atoms with Crippen LogP contribution in [0.5, 0.6) is 0 Å². The highest BCUT2D eigenvalue weighted by Gasteiger charge is 2.52. The highest BCUT2D eigenvalue weighted by molar-refractivity contribution is 6.30. The van der Waals surface area contributed by atoms with Crippen LogP contribution in [0.15, 0.2) is 48.5 Å². The number of imide groups is 1. The number of nitrogens with one attached hydrogen (secondary N) is 1. The highest BCUT2D eigenvalue weighted by atomic mass is 35.5. The maximum Gasteiger partial charge on any atom is 0.325 e. The van der Waals surface area contributed by atoms with Gasteiger partial charge >= 0.3 is 6.03 Å². The zero-order valence-electron chi connectivity index (χ0n) is 16.3. The van der Waals surface area contributed by atoms with Gasteiger partial charge in [-0.1, -0.05) is 48.9 Å². The van der Waals surface area contributed by atoms with Crippen molar-refractivity contribution in [2.75, 3.05) is 11.4 Å². The summed E-state index contributed by atoms with van der Waals surface area (Å²) in [4.78, 5) is 41.7. The van der Waals surface area contributed by atoms with Gasteiger partial charge in [-0.05, 0) is 49.1 Å². The summed E-state index contributed by atoms with van der Waals surface area (Å²) in [6.45, 7) is 3.50. The first kappa shape index (κ1) is 19.5. The molecular formula is C22H22ClN3O3. The summed E-state index contributed by atoms with van der Waals surface area (Å²) in [5, 5.41) is 3.35. The Hall–Kier alpha value is -2.86. The zero-order chi connectivity index (χ0) is 20.8. The lowest BCUT2D eigenvalue weighted by atomic mass is 9.87. The minimum atomic E-state index is -1.18. The Morgan fingerprint density at radius 2 is 1.86 bits per heavy atom. The number of hydrogen-bond acceptors (Lipinski definition) is 3. The molecule has 6 nitrogen and oxygen atoms in total. The van der Waals surface area contributed by atoms with Crippen molar-refractivity contribution in [3.63, 3.8) is 0 Å². The summed E-state index contributed by atoms with van der Waals surface area (Å²) in [6, 6.07) is 14.0. The molecule has 4 rings (SSSR count). The fourth-order valence-corrected chi connectivity index (χ4v) is 4.43. The second-order valence-corrected chi connectivity index (χ2v) is 7.97. The van der Waals surface area contributed by atoms with Gasteiger partial charge in [0, 0.05) is 16.8 Å². The molecule has 0 radical (unpaired) electrons. The van der Waals surface area contributed by atoms with Crippen LogP contribution in [-0.4, -0.2) is 35.3 Å². The average Bonchev–Trinajstić information content (AvgIpc) is 3.17. The van der Waals surface area contributed by atoms with E-state index < -0.39 is 17.5 Å². The number of carbonyl (C=O) groups is 3. The predicted octanol–water partition coefficient (Wildman–Crippen LogP) is 3.47. The molecule has 2 atom stereocenters. The Balaban J connectivity index is 1.60. The molecule has 0 aliphatic carbocycles. The molecule has 2 aromatic rings. The maximum absolute atomic E-state index is 13.3. The topological polar surface area (TPSA) is 69.7 Å². The predicted molar refractivity (Wildman–Crippen MR) is 111 cm³/mol. The normalized spacial score (nSPS) is 23.3. The molecule has 0 aromatic heterocycles. The van der Waals surface area contributed by atoms with E-state index in [0.29, 0.717) is 17.0 Å². The molecule has 2 unspecified atom stereocenters. The molecule has 2 aliphatic heterocycles. The van der Waals surface area contributed by atoms with Crippen molar-refractivity contribution < 1.29 is 14.4 Å². The minimum Gasteiger partial charge on any atom is -0.319 e. The number of urea groups is 1. The molecule has 0 spiro atoms. The van der Waals surface area contributed by atoms with Crippen molar-refractivity contribution in [1.29, 1.82) is 0 Å². The van der Waals surface area contributed by atoms with Crippen LogP contribution < -0.4 is 10.2 Å². The summed E-state index contributed by atoms with van der Waals surface area (Å²) < 4.78 is 0. The van der Waals surface area contributed by atoms with Crippen molar-refractivity contribution in [1.82, 2.24) is 10.2 Å². The molecular weight excluding hydrogens is 390 g/mol. The maximum atomic E-state index is 13.3. The van der Waals surface area contributed by atoms with E-state index >= 15 is 0 Å². The number of rotatable bonds is 4. The summed E-state index contributed by atoms with van der Waals surface area (Å²) in [6.07, 6.45) is 1.12. The van der Waals surface area contributed by atoms with Gasteiger partial charge < -0.3 is 10.2 Å². The molecule has 1 fully saturated rings. The molecule has 2 aliphatic rings. The standard InChI is InChI=1S/C22H22ClN3O3/c1-3-22(16-8-10-17(23)11-9-16)20(28)25(21(29)24-22)13-19(27)26-14(2)12-15-6-4-5-7-18(15)26/h4-11,14H,3,12-13H2,1-2H3,(H,24,29). The molecule has 4 amide bonds. The lowest BCUT2D eigenvalue weighted by Crippen LogP contribution is -2.46. The average molecular weight is 412 g/mol. The van der Waals surface area contributed by atoms with Crippen molar-refractivity contribution in [3.05, 3.63) is 64.7 Å². The monoisotopic (exact) mass is 411 g/mol. The molecule has 1 saturated heterocycles. The van der Waals surface area contributed by atoms with Crippen LogP contribution in [0.3, 0.4) is 0 Å². The van der Waals surface area contributed by atoms with Crippen LogP contribution in [0.4, 0.5) is 10.5 Å². The highest BCUT2D eigenvalue weighted by Crippen LogP contribution is 2.35. The second kappa shape index (κ2) is 7.19. The molecule has 1 N–H and O–H groups in total. The van der Waals surface area contributed by atoms with E-state index in [1.165, 1.54) is 0 Å². The van der Waals surface area contributed by atoms with E-state index in [2.05, 4.69) is 5.32 Å². The quantitative estimate of drug-likeness (QED) is 0.783. The van der Waals surface area contributed by atoms with Crippen LogP contribution in [0, 0.1) is 0 Å². The van der Waals surface area contributed by atoms with E-state index in [9.17, 15) is 14.4 Å². The number of benzene rings is 2. The largest absolute Gasteiger partial charge is 0.325 e. The summed E-state index contributed by atoms with van der Waals surface area (Å²) in [7, 11) is 0. The van der Waals surface area contributed by atoms with Gasteiger partial charge in [0.1, 0.15) is 12.1 Å². The van der Waals surface area contributed by atoms with E-state index in [1.54, 1.807) is 29.2 Å². The first-order valence-electron chi connectivity index (χ1n) is 9.67. The zero-order valence-corrected chi connectivity index (χ0v) is 17.1. The second-order valence-electron chi connectivity index (χ2n) is 7.53. The number of amides is 4. The van der Waals surface area contributed by atoms with Crippen LogP contribution in [0.2, 0.25) is 5.02 Å².